The van der Waals surface area contributed by atoms with Crippen LogP contribution >= 0.6 is 7.82 Å². The molecule has 11 heteroatoms. The highest BCUT2D eigenvalue weighted by Crippen LogP contribution is 2.37. The fourth-order valence-electron chi connectivity index (χ4n) is 2.06. The first kappa shape index (κ1) is 17.0. The molecule has 2 rings (SSSR count). The van der Waals surface area contributed by atoms with E-state index in [0.29, 0.717) is 0 Å². The molecule has 2 heterocycles. The Morgan fingerprint density at radius 2 is 2.05 bits per heavy atom. The van der Waals surface area contributed by atoms with Crippen LogP contribution in [0.5, 0.6) is 0 Å². The number of phosphoric ester groups is 1. The minimum atomic E-state index is -4.73. The lowest BCUT2D eigenvalue weighted by molar-refractivity contribution is -0.765. The van der Waals surface area contributed by atoms with E-state index in [0.717, 1.165) is 0 Å². The first-order chi connectivity index (χ1) is 10.2. The van der Waals surface area contributed by atoms with Crippen molar-refractivity contribution in [3.63, 3.8) is 0 Å². The van der Waals surface area contributed by atoms with Crippen LogP contribution in [0.4, 0.5) is 0 Å². The van der Waals surface area contributed by atoms with Gasteiger partial charge in [-0.25, -0.2) is 9.36 Å². The summed E-state index contributed by atoms with van der Waals surface area (Å²) < 4.78 is 21.4. The maximum absolute atomic E-state index is 10.9. The Labute approximate surface area is 124 Å². The SMILES string of the molecule is O=C(O)c1ccc[n+]([C@@H]2O[C@H](COP(=O)(O)O)[C@@H](O)C2O)c1. The van der Waals surface area contributed by atoms with Gasteiger partial charge in [0.2, 0.25) is 0 Å². The van der Waals surface area contributed by atoms with Crippen LogP contribution in [0.3, 0.4) is 0 Å². The van der Waals surface area contributed by atoms with Crippen molar-refractivity contribution < 1.29 is 48.3 Å². The molecule has 0 amide bonds. The number of rotatable bonds is 5. The van der Waals surface area contributed by atoms with Gasteiger partial charge >= 0.3 is 13.8 Å². The fraction of sp³-hybridized carbons (Fsp3) is 0.455. The Balaban J connectivity index is 2.14. The molecule has 10 nitrogen and oxygen atoms in total. The molecule has 22 heavy (non-hydrogen) atoms. The maximum Gasteiger partial charge on any atom is 0.469 e. The Morgan fingerprint density at radius 3 is 2.64 bits per heavy atom. The molecule has 0 saturated carbocycles. The zero-order valence-electron chi connectivity index (χ0n) is 11.1. The zero-order chi connectivity index (χ0) is 16.5. The molecule has 4 atom stereocenters. The number of hydrogen-bond acceptors (Lipinski definition) is 6. The molecule has 1 aromatic rings. The minimum absolute atomic E-state index is 0.0530. The van der Waals surface area contributed by atoms with E-state index in [9.17, 15) is 19.6 Å². The van der Waals surface area contributed by atoms with E-state index in [-0.39, 0.29) is 5.56 Å². The Hall–Kier alpha value is -1.39. The van der Waals surface area contributed by atoms with Gasteiger partial charge in [-0.05, 0) is 6.07 Å². The third-order valence-corrected chi connectivity index (χ3v) is 3.59. The molecule has 1 aliphatic rings. The lowest BCUT2D eigenvalue weighted by Crippen LogP contribution is -2.46. The van der Waals surface area contributed by atoms with E-state index < -0.39 is 44.9 Å². The first-order valence-electron chi connectivity index (χ1n) is 6.15. The van der Waals surface area contributed by atoms with Crippen molar-refractivity contribution in [2.75, 3.05) is 6.61 Å². The third-order valence-electron chi connectivity index (χ3n) is 3.11. The second-order valence-corrected chi connectivity index (χ2v) is 5.92. The summed E-state index contributed by atoms with van der Waals surface area (Å²) >= 11 is 0. The zero-order valence-corrected chi connectivity index (χ0v) is 12.0. The quantitative estimate of drug-likeness (QED) is 0.315. The standard InChI is InChI=1S/C11H14NO9P/c13-8-7(5-20-22(17,18)19)21-10(9(8)14)12-3-1-2-6(4-12)11(15)16/h1-4,7-10,13-14H,5H2,(H2-,15,16,17,18,19)/p+1/t7-,8-,9?,10-/m1/s1. The van der Waals surface area contributed by atoms with Gasteiger partial charge in [-0.3, -0.25) is 4.52 Å². The van der Waals surface area contributed by atoms with E-state index in [4.69, 9.17) is 19.6 Å². The normalized spacial score (nSPS) is 28.7. The van der Waals surface area contributed by atoms with Gasteiger partial charge in [-0.2, -0.15) is 4.57 Å². The van der Waals surface area contributed by atoms with Gasteiger partial charge in [-0.15, -0.1) is 0 Å². The van der Waals surface area contributed by atoms with E-state index in [2.05, 4.69) is 4.52 Å². The molecule has 0 radical (unpaired) electrons. The number of pyridine rings is 1. The van der Waals surface area contributed by atoms with E-state index >= 15 is 0 Å². The van der Waals surface area contributed by atoms with Gasteiger partial charge in [-0.1, -0.05) is 0 Å². The lowest BCUT2D eigenvalue weighted by atomic mass is 10.1. The van der Waals surface area contributed by atoms with Crippen molar-refractivity contribution >= 4 is 13.8 Å². The Kier molecular flexibility index (Phi) is 4.93. The molecule has 1 aromatic heterocycles. The van der Waals surface area contributed by atoms with Crippen molar-refractivity contribution in [2.45, 2.75) is 24.5 Å². The van der Waals surface area contributed by atoms with Crippen molar-refractivity contribution in [1.82, 2.24) is 0 Å². The number of aliphatic hydroxyl groups is 2. The Bertz CT molecular complexity index is 603. The van der Waals surface area contributed by atoms with Crippen LogP contribution < -0.4 is 4.57 Å². The predicted molar refractivity (Wildman–Crippen MR) is 67.5 cm³/mol. The molecule has 0 aromatic carbocycles. The van der Waals surface area contributed by atoms with Crippen molar-refractivity contribution in [2.24, 2.45) is 0 Å². The summed E-state index contributed by atoms with van der Waals surface area (Å²) in [7, 11) is -4.73. The van der Waals surface area contributed by atoms with E-state index in [1.165, 1.54) is 29.1 Å². The second-order valence-electron chi connectivity index (χ2n) is 4.68. The topological polar surface area (TPSA) is 158 Å². The van der Waals surface area contributed by atoms with Crippen LogP contribution in [0.15, 0.2) is 24.5 Å². The largest absolute Gasteiger partial charge is 0.477 e. The van der Waals surface area contributed by atoms with Crippen molar-refractivity contribution in [1.29, 1.82) is 0 Å². The van der Waals surface area contributed by atoms with Gasteiger partial charge in [0.05, 0.1) is 6.61 Å². The monoisotopic (exact) mass is 336 g/mol. The number of carboxylic acids is 1. The van der Waals surface area contributed by atoms with Crippen LogP contribution in [-0.4, -0.2) is 56.0 Å². The highest BCUT2D eigenvalue weighted by atomic mass is 31.2. The highest BCUT2D eigenvalue weighted by Gasteiger charge is 2.48. The van der Waals surface area contributed by atoms with Gasteiger partial charge in [0, 0.05) is 6.07 Å². The highest BCUT2D eigenvalue weighted by molar-refractivity contribution is 7.46. The average molecular weight is 336 g/mol. The molecule has 0 aliphatic carbocycles. The number of carbonyl (C=O) groups is 1. The summed E-state index contributed by atoms with van der Waals surface area (Å²) in [6, 6.07) is 2.76. The Morgan fingerprint density at radius 1 is 1.36 bits per heavy atom. The smallest absolute Gasteiger partial charge is 0.469 e. The molecule has 1 saturated heterocycles. The number of phosphoric acid groups is 1. The molecule has 1 fully saturated rings. The van der Waals surface area contributed by atoms with Crippen LogP contribution in [0.2, 0.25) is 0 Å². The van der Waals surface area contributed by atoms with E-state index in [1.807, 2.05) is 0 Å². The number of ether oxygens (including phenoxy) is 1. The molecule has 122 valence electrons. The summed E-state index contributed by atoms with van der Waals surface area (Å²) in [6.07, 6.45) is -2.51. The fourth-order valence-corrected chi connectivity index (χ4v) is 2.40. The molecular formula is C11H15NO9P+. The first-order valence-corrected chi connectivity index (χ1v) is 7.68. The number of hydrogen-bond donors (Lipinski definition) is 5. The average Bonchev–Trinajstić information content (AvgIpc) is 2.72. The van der Waals surface area contributed by atoms with Gasteiger partial charge in [0.1, 0.15) is 17.8 Å². The summed E-state index contributed by atoms with van der Waals surface area (Å²) in [4.78, 5) is 28.2. The third kappa shape index (κ3) is 3.87. The summed E-state index contributed by atoms with van der Waals surface area (Å²) in [5, 5.41) is 28.7. The molecular weight excluding hydrogens is 321 g/mol. The number of aromatic carboxylic acids is 1. The van der Waals surface area contributed by atoms with Crippen LogP contribution in [0.25, 0.3) is 0 Å². The van der Waals surface area contributed by atoms with Crippen LogP contribution in [-0.2, 0) is 13.8 Å². The number of aromatic nitrogens is 1. The molecule has 0 bridgehead atoms. The second kappa shape index (κ2) is 6.39. The predicted octanol–water partition coefficient (Wildman–Crippen LogP) is -1.60. The summed E-state index contributed by atoms with van der Waals surface area (Å²) in [5.41, 5.74) is -0.0530. The van der Waals surface area contributed by atoms with Gasteiger partial charge in [0.25, 0.3) is 6.23 Å². The van der Waals surface area contributed by atoms with Crippen molar-refractivity contribution in [3.05, 3.63) is 30.1 Å². The van der Waals surface area contributed by atoms with Gasteiger partial charge < -0.3 is 29.8 Å². The minimum Gasteiger partial charge on any atom is -0.477 e. The van der Waals surface area contributed by atoms with Gasteiger partial charge in [0.15, 0.2) is 18.5 Å². The molecule has 0 spiro atoms. The number of nitrogens with zero attached hydrogens (tertiary/aromatic N) is 1. The van der Waals surface area contributed by atoms with E-state index in [1.54, 1.807) is 0 Å². The maximum atomic E-state index is 10.9. The summed E-state index contributed by atoms with van der Waals surface area (Å²) in [6.45, 7) is -0.627. The van der Waals surface area contributed by atoms with Crippen molar-refractivity contribution in [3.8, 4) is 0 Å². The summed E-state index contributed by atoms with van der Waals surface area (Å²) in [5.74, 6) is -1.18. The van der Waals surface area contributed by atoms with Crippen LogP contribution in [0.1, 0.15) is 16.6 Å². The van der Waals surface area contributed by atoms with Crippen LogP contribution in [0, 0.1) is 0 Å². The molecule has 1 unspecified atom stereocenters. The molecule has 1 aliphatic heterocycles. The lowest BCUT2D eigenvalue weighted by Gasteiger charge is -2.13. The number of carboxylic acid groups (broad SMARTS) is 1. The molecule has 5 N–H and O–H groups in total. The number of aliphatic hydroxyl groups excluding tert-OH is 2.